The van der Waals surface area contributed by atoms with Crippen molar-refractivity contribution in [3.05, 3.63) is 66.2 Å². The molecule has 2 aliphatic rings. The highest BCUT2D eigenvalue weighted by molar-refractivity contribution is 7.93. The first-order valence-electron chi connectivity index (χ1n) is 11.2. The van der Waals surface area contributed by atoms with Crippen LogP contribution in [0.5, 0.6) is 0 Å². The van der Waals surface area contributed by atoms with Crippen molar-refractivity contribution in [1.82, 2.24) is 4.90 Å². The van der Waals surface area contributed by atoms with Gasteiger partial charge in [0.2, 0.25) is 5.91 Å². The van der Waals surface area contributed by atoms with Crippen LogP contribution in [0.25, 0.3) is 10.8 Å². The molecule has 0 saturated carbocycles. The fourth-order valence-corrected chi connectivity index (χ4v) is 6.41. The Morgan fingerprint density at radius 1 is 0.909 bits per heavy atom. The van der Waals surface area contributed by atoms with Crippen LogP contribution in [-0.2, 0) is 14.8 Å². The molecule has 2 heterocycles. The molecule has 1 saturated heterocycles. The highest BCUT2D eigenvalue weighted by Crippen LogP contribution is 2.42. The van der Waals surface area contributed by atoms with Crippen LogP contribution < -0.4 is 9.62 Å². The van der Waals surface area contributed by atoms with Crippen molar-refractivity contribution in [3.8, 4) is 0 Å². The summed E-state index contributed by atoms with van der Waals surface area (Å²) in [6.07, 6.45) is 2.50. The summed E-state index contributed by atoms with van der Waals surface area (Å²) in [5.74, 6) is -0.318. The molecule has 33 heavy (non-hydrogen) atoms. The Labute approximate surface area is 193 Å². The number of carbonyl (C=O) groups excluding carboxylic acids is 2. The van der Waals surface area contributed by atoms with Crippen LogP contribution in [0, 0.1) is 0 Å². The monoisotopic (exact) mass is 463 g/mol. The van der Waals surface area contributed by atoms with E-state index in [1.807, 2.05) is 23.1 Å². The van der Waals surface area contributed by atoms with Gasteiger partial charge in [-0.25, -0.2) is 8.42 Å². The minimum atomic E-state index is -3.63. The van der Waals surface area contributed by atoms with Gasteiger partial charge in [-0.2, -0.15) is 0 Å². The molecule has 1 fully saturated rings. The van der Waals surface area contributed by atoms with Crippen molar-refractivity contribution in [2.24, 2.45) is 0 Å². The van der Waals surface area contributed by atoms with Gasteiger partial charge in [-0.15, -0.1) is 0 Å². The normalized spacial score (nSPS) is 16.4. The minimum Gasteiger partial charge on any atom is -0.339 e. The zero-order chi connectivity index (χ0) is 23.0. The molecular formula is C25H25N3O4S. The molecule has 2 amide bonds. The Bertz CT molecular complexity index is 1340. The predicted octanol–water partition coefficient (Wildman–Crippen LogP) is 4.00. The van der Waals surface area contributed by atoms with Crippen LogP contribution in [0.15, 0.2) is 65.6 Å². The van der Waals surface area contributed by atoms with Crippen molar-refractivity contribution in [3.63, 3.8) is 0 Å². The molecule has 7 nitrogen and oxygen atoms in total. The summed E-state index contributed by atoms with van der Waals surface area (Å²) in [6, 6.07) is 17.8. The molecular weight excluding hydrogens is 438 g/mol. The molecule has 0 aromatic heterocycles. The van der Waals surface area contributed by atoms with E-state index in [1.54, 1.807) is 42.5 Å². The van der Waals surface area contributed by atoms with Gasteiger partial charge in [0, 0.05) is 31.4 Å². The Balaban J connectivity index is 1.25. The van der Waals surface area contributed by atoms with Crippen molar-refractivity contribution in [2.75, 3.05) is 29.3 Å². The number of nitrogens with zero attached hydrogens (tertiary/aromatic N) is 2. The third-order valence-corrected chi connectivity index (χ3v) is 8.13. The molecule has 0 unspecified atom stereocenters. The quantitative estimate of drug-likeness (QED) is 0.599. The number of carbonyl (C=O) groups is 2. The average Bonchev–Trinajstić information content (AvgIpc) is 3.42. The number of benzene rings is 3. The van der Waals surface area contributed by atoms with Gasteiger partial charge < -0.3 is 10.2 Å². The van der Waals surface area contributed by atoms with Crippen LogP contribution in [0.1, 0.15) is 36.0 Å². The third-order valence-electron chi connectivity index (χ3n) is 6.27. The van der Waals surface area contributed by atoms with Crippen molar-refractivity contribution in [1.29, 1.82) is 0 Å². The van der Waals surface area contributed by atoms with Crippen molar-refractivity contribution < 1.29 is 18.0 Å². The molecule has 0 radical (unpaired) electrons. The van der Waals surface area contributed by atoms with E-state index >= 15 is 0 Å². The molecule has 1 N–H and O–H groups in total. The molecule has 0 spiro atoms. The van der Waals surface area contributed by atoms with Crippen LogP contribution in [-0.4, -0.2) is 44.8 Å². The van der Waals surface area contributed by atoms with Gasteiger partial charge in [0.25, 0.3) is 15.9 Å². The Kier molecular flexibility index (Phi) is 5.54. The SMILES string of the molecule is O=C(CCCN1c2cccc3cccc(c23)S1(=O)=O)Nc1ccccc1C(=O)N1CCCC1. The zero-order valence-electron chi connectivity index (χ0n) is 18.2. The van der Waals surface area contributed by atoms with E-state index in [4.69, 9.17) is 0 Å². The van der Waals surface area contributed by atoms with E-state index in [0.717, 1.165) is 36.7 Å². The maximum Gasteiger partial charge on any atom is 0.265 e. The number of para-hydroxylation sites is 1. The largest absolute Gasteiger partial charge is 0.339 e. The second-order valence-corrected chi connectivity index (χ2v) is 10.2. The number of nitrogens with one attached hydrogen (secondary N) is 1. The van der Waals surface area contributed by atoms with E-state index in [9.17, 15) is 18.0 Å². The summed E-state index contributed by atoms with van der Waals surface area (Å²) in [5.41, 5.74) is 1.63. The second kappa shape index (κ2) is 8.51. The van der Waals surface area contributed by atoms with Crippen molar-refractivity contribution >= 4 is 44.0 Å². The molecule has 3 aromatic rings. The van der Waals surface area contributed by atoms with Gasteiger partial charge in [-0.05, 0) is 48.9 Å². The lowest BCUT2D eigenvalue weighted by Crippen LogP contribution is -2.29. The Hall–Kier alpha value is -3.39. The first kappa shape index (κ1) is 21.5. The Morgan fingerprint density at radius 3 is 2.42 bits per heavy atom. The fraction of sp³-hybridized carbons (Fsp3) is 0.280. The number of sulfonamides is 1. The number of likely N-dealkylation sites (tertiary alicyclic amines) is 1. The second-order valence-electron chi connectivity index (χ2n) is 8.41. The van der Waals surface area contributed by atoms with Crippen LogP contribution in [0.2, 0.25) is 0 Å². The van der Waals surface area contributed by atoms with Gasteiger partial charge in [0.1, 0.15) is 0 Å². The summed E-state index contributed by atoms with van der Waals surface area (Å²) in [5, 5.41) is 4.46. The molecule has 0 aliphatic carbocycles. The number of rotatable bonds is 6. The summed E-state index contributed by atoms with van der Waals surface area (Å²) < 4.78 is 27.5. The van der Waals surface area contributed by atoms with E-state index in [2.05, 4.69) is 5.32 Å². The first-order chi connectivity index (χ1) is 16.0. The highest BCUT2D eigenvalue weighted by Gasteiger charge is 2.35. The predicted molar refractivity (Wildman–Crippen MR) is 128 cm³/mol. The smallest absolute Gasteiger partial charge is 0.265 e. The standard InChI is InChI=1S/C25H25N3O4S/c29-23(26-20-11-2-1-10-19(20)25(30)27-15-3-4-16-27)14-7-17-28-21-12-5-8-18-9-6-13-22(24(18)21)33(28,31)32/h1-2,5-6,8-13H,3-4,7,14-17H2,(H,26,29). The lowest BCUT2D eigenvalue weighted by molar-refractivity contribution is -0.116. The third kappa shape index (κ3) is 3.84. The van der Waals surface area contributed by atoms with Gasteiger partial charge >= 0.3 is 0 Å². The summed E-state index contributed by atoms with van der Waals surface area (Å²) in [7, 11) is -3.63. The average molecular weight is 464 g/mol. The number of hydrogen-bond donors (Lipinski definition) is 1. The van der Waals surface area contributed by atoms with Crippen LogP contribution in [0.3, 0.4) is 0 Å². The lowest BCUT2D eigenvalue weighted by atomic mass is 10.1. The molecule has 0 atom stereocenters. The minimum absolute atomic E-state index is 0.0718. The van der Waals surface area contributed by atoms with Crippen LogP contribution >= 0.6 is 0 Å². The van der Waals surface area contributed by atoms with E-state index in [1.165, 1.54) is 4.31 Å². The van der Waals surface area contributed by atoms with E-state index in [-0.39, 0.29) is 24.8 Å². The molecule has 2 aliphatic heterocycles. The highest BCUT2D eigenvalue weighted by atomic mass is 32.2. The molecule has 170 valence electrons. The summed E-state index contributed by atoms with van der Waals surface area (Å²) >= 11 is 0. The Morgan fingerprint density at radius 2 is 1.64 bits per heavy atom. The van der Waals surface area contributed by atoms with Crippen molar-refractivity contribution in [2.45, 2.75) is 30.6 Å². The first-order valence-corrected chi connectivity index (χ1v) is 12.6. The molecule has 3 aromatic carbocycles. The maximum absolute atomic E-state index is 13.1. The number of amides is 2. The van der Waals surface area contributed by atoms with Gasteiger partial charge in [-0.1, -0.05) is 36.4 Å². The lowest BCUT2D eigenvalue weighted by Gasteiger charge is -2.19. The van der Waals surface area contributed by atoms with Gasteiger partial charge in [0.15, 0.2) is 0 Å². The van der Waals surface area contributed by atoms with Gasteiger partial charge in [-0.3, -0.25) is 13.9 Å². The number of anilines is 2. The van der Waals surface area contributed by atoms with Crippen LogP contribution in [0.4, 0.5) is 11.4 Å². The van der Waals surface area contributed by atoms with Gasteiger partial charge in [0.05, 0.1) is 21.8 Å². The van der Waals surface area contributed by atoms with E-state index in [0.29, 0.717) is 28.3 Å². The topological polar surface area (TPSA) is 86.8 Å². The fourth-order valence-electron chi connectivity index (χ4n) is 4.66. The summed E-state index contributed by atoms with van der Waals surface area (Å²) in [6.45, 7) is 1.68. The number of hydrogen-bond acceptors (Lipinski definition) is 4. The zero-order valence-corrected chi connectivity index (χ0v) is 19.0. The van der Waals surface area contributed by atoms with E-state index < -0.39 is 10.0 Å². The maximum atomic E-state index is 13.1. The molecule has 0 bridgehead atoms. The summed E-state index contributed by atoms with van der Waals surface area (Å²) in [4.78, 5) is 27.6. The molecule has 5 rings (SSSR count). The molecule has 8 heteroatoms.